The minimum absolute atomic E-state index is 0.309. The van der Waals surface area contributed by atoms with Crippen LogP contribution in [0.25, 0.3) is 0 Å². The van der Waals surface area contributed by atoms with E-state index in [1.165, 1.54) is 4.88 Å². The van der Waals surface area contributed by atoms with Crippen molar-refractivity contribution in [1.29, 1.82) is 0 Å². The SMILES string of the molecule is CCN(CC)CCNC(C(N)=O)c1ccc(C)s1. The molecule has 4 nitrogen and oxygen atoms in total. The Balaban J connectivity index is 2.52. The molecule has 0 fully saturated rings. The van der Waals surface area contributed by atoms with Crippen LogP contribution in [0.1, 0.15) is 29.6 Å². The van der Waals surface area contributed by atoms with Crippen molar-refractivity contribution < 1.29 is 4.79 Å². The minimum Gasteiger partial charge on any atom is -0.368 e. The van der Waals surface area contributed by atoms with Gasteiger partial charge < -0.3 is 16.0 Å². The van der Waals surface area contributed by atoms with Crippen molar-refractivity contribution in [3.05, 3.63) is 21.9 Å². The Hall–Kier alpha value is -0.910. The van der Waals surface area contributed by atoms with Gasteiger partial charge in [-0.2, -0.15) is 0 Å². The average molecular weight is 269 g/mol. The monoisotopic (exact) mass is 269 g/mol. The molecule has 0 aromatic carbocycles. The predicted molar refractivity (Wildman–Crippen MR) is 76.8 cm³/mol. The van der Waals surface area contributed by atoms with Crippen LogP contribution in [0.15, 0.2) is 12.1 Å². The summed E-state index contributed by atoms with van der Waals surface area (Å²) in [4.78, 5) is 16.0. The number of primary amides is 1. The molecule has 0 aliphatic carbocycles. The zero-order valence-corrected chi connectivity index (χ0v) is 12.2. The molecule has 0 aliphatic rings. The summed E-state index contributed by atoms with van der Waals surface area (Å²) in [6, 6.07) is 3.63. The molecule has 18 heavy (non-hydrogen) atoms. The number of hydrogen-bond acceptors (Lipinski definition) is 4. The van der Waals surface area contributed by atoms with Gasteiger partial charge in [-0.1, -0.05) is 13.8 Å². The Morgan fingerprint density at radius 1 is 1.44 bits per heavy atom. The lowest BCUT2D eigenvalue weighted by molar-refractivity contribution is -0.120. The summed E-state index contributed by atoms with van der Waals surface area (Å²) in [6.07, 6.45) is 0. The maximum atomic E-state index is 11.5. The lowest BCUT2D eigenvalue weighted by Gasteiger charge is -2.20. The molecule has 1 aromatic heterocycles. The maximum Gasteiger partial charge on any atom is 0.239 e. The number of likely N-dealkylation sites (N-methyl/N-ethyl adjacent to an activating group) is 1. The summed E-state index contributed by atoms with van der Waals surface area (Å²) >= 11 is 1.62. The van der Waals surface area contributed by atoms with Gasteiger partial charge in [-0.3, -0.25) is 4.79 Å². The summed E-state index contributed by atoms with van der Waals surface area (Å²) in [5.74, 6) is -0.309. The van der Waals surface area contributed by atoms with E-state index in [0.29, 0.717) is 0 Å². The van der Waals surface area contributed by atoms with Crippen LogP contribution in [-0.4, -0.2) is 37.0 Å². The summed E-state index contributed by atoms with van der Waals surface area (Å²) in [7, 11) is 0. The van der Waals surface area contributed by atoms with Crippen molar-refractivity contribution in [2.75, 3.05) is 26.2 Å². The van der Waals surface area contributed by atoms with Gasteiger partial charge in [-0.05, 0) is 32.1 Å². The number of nitrogens with two attached hydrogens (primary N) is 1. The molecule has 1 heterocycles. The lowest BCUT2D eigenvalue weighted by Crippen LogP contribution is -2.38. The number of thiophene rings is 1. The van der Waals surface area contributed by atoms with Crippen molar-refractivity contribution in [3.8, 4) is 0 Å². The van der Waals surface area contributed by atoms with Crippen molar-refractivity contribution in [1.82, 2.24) is 10.2 Å². The van der Waals surface area contributed by atoms with Crippen LogP contribution in [0.3, 0.4) is 0 Å². The largest absolute Gasteiger partial charge is 0.368 e. The third kappa shape index (κ3) is 4.40. The summed E-state index contributed by atoms with van der Waals surface area (Å²) in [6.45, 7) is 10.1. The van der Waals surface area contributed by atoms with E-state index in [0.717, 1.165) is 31.1 Å². The second-order valence-electron chi connectivity index (χ2n) is 4.26. The first-order valence-electron chi connectivity index (χ1n) is 6.39. The fourth-order valence-corrected chi connectivity index (χ4v) is 2.82. The van der Waals surface area contributed by atoms with E-state index in [-0.39, 0.29) is 11.9 Å². The van der Waals surface area contributed by atoms with E-state index >= 15 is 0 Å². The molecule has 0 aliphatic heterocycles. The summed E-state index contributed by atoms with van der Waals surface area (Å²) in [5.41, 5.74) is 5.45. The van der Waals surface area contributed by atoms with Crippen molar-refractivity contribution in [3.63, 3.8) is 0 Å². The Bertz CT molecular complexity index is 374. The summed E-state index contributed by atoms with van der Waals surface area (Å²) < 4.78 is 0. The normalized spacial score (nSPS) is 12.9. The highest BCUT2D eigenvalue weighted by molar-refractivity contribution is 7.12. The van der Waals surface area contributed by atoms with Crippen LogP contribution < -0.4 is 11.1 Å². The van der Waals surface area contributed by atoms with E-state index in [1.54, 1.807) is 11.3 Å². The van der Waals surface area contributed by atoms with Crippen molar-refractivity contribution in [2.45, 2.75) is 26.8 Å². The van der Waals surface area contributed by atoms with Gasteiger partial charge in [0.05, 0.1) is 0 Å². The average Bonchev–Trinajstić information content (AvgIpc) is 2.75. The molecule has 0 saturated heterocycles. The first-order chi connectivity index (χ1) is 8.58. The molecule has 0 saturated carbocycles. The van der Waals surface area contributed by atoms with Gasteiger partial charge in [0.1, 0.15) is 6.04 Å². The molecule has 5 heteroatoms. The number of hydrogen-bond donors (Lipinski definition) is 2. The van der Waals surface area contributed by atoms with E-state index in [4.69, 9.17) is 5.73 Å². The van der Waals surface area contributed by atoms with Crippen LogP contribution in [0, 0.1) is 6.92 Å². The van der Waals surface area contributed by atoms with Crippen molar-refractivity contribution in [2.24, 2.45) is 5.73 Å². The van der Waals surface area contributed by atoms with Gasteiger partial charge in [0.25, 0.3) is 0 Å². The fraction of sp³-hybridized carbons (Fsp3) is 0.615. The molecule has 102 valence electrons. The lowest BCUT2D eigenvalue weighted by atomic mass is 10.2. The Labute approximate surface area is 113 Å². The van der Waals surface area contributed by atoms with Crippen LogP contribution in [0.2, 0.25) is 0 Å². The minimum atomic E-state index is -0.362. The van der Waals surface area contributed by atoms with Crippen LogP contribution in [-0.2, 0) is 4.79 Å². The molecule has 0 spiro atoms. The Kier molecular flexibility index (Phi) is 6.32. The van der Waals surface area contributed by atoms with Gasteiger partial charge in [0, 0.05) is 22.8 Å². The third-order valence-electron chi connectivity index (χ3n) is 3.00. The molecular weight excluding hydrogens is 246 g/mol. The number of rotatable bonds is 8. The predicted octanol–water partition coefficient (Wildman–Crippen LogP) is 1.51. The van der Waals surface area contributed by atoms with Gasteiger partial charge in [-0.15, -0.1) is 11.3 Å². The molecule has 1 unspecified atom stereocenters. The maximum absolute atomic E-state index is 11.5. The molecular formula is C13H23N3OS. The molecule has 0 radical (unpaired) electrons. The van der Waals surface area contributed by atoms with Crippen LogP contribution in [0.5, 0.6) is 0 Å². The first-order valence-corrected chi connectivity index (χ1v) is 7.21. The molecule has 1 atom stereocenters. The number of nitrogens with zero attached hydrogens (tertiary/aromatic N) is 1. The first kappa shape index (κ1) is 15.1. The number of amides is 1. The molecule has 1 amide bonds. The quantitative estimate of drug-likeness (QED) is 0.752. The van der Waals surface area contributed by atoms with E-state index < -0.39 is 0 Å². The highest BCUT2D eigenvalue weighted by atomic mass is 32.1. The van der Waals surface area contributed by atoms with E-state index in [2.05, 4.69) is 24.1 Å². The standard InChI is InChI=1S/C13H23N3OS/c1-4-16(5-2)9-8-15-12(13(14)17)11-7-6-10(3)18-11/h6-7,12,15H,4-5,8-9H2,1-3H3,(H2,14,17). The van der Waals surface area contributed by atoms with E-state index in [1.807, 2.05) is 19.1 Å². The number of aryl methyl sites for hydroxylation is 1. The number of carbonyl (C=O) groups excluding carboxylic acids is 1. The second kappa shape index (κ2) is 7.51. The Morgan fingerprint density at radius 3 is 2.56 bits per heavy atom. The highest BCUT2D eigenvalue weighted by Crippen LogP contribution is 2.22. The van der Waals surface area contributed by atoms with Crippen LogP contribution >= 0.6 is 11.3 Å². The molecule has 1 rings (SSSR count). The van der Waals surface area contributed by atoms with Crippen molar-refractivity contribution >= 4 is 17.2 Å². The Morgan fingerprint density at radius 2 is 2.11 bits per heavy atom. The third-order valence-corrected chi connectivity index (χ3v) is 4.07. The van der Waals surface area contributed by atoms with Gasteiger partial charge in [-0.25, -0.2) is 0 Å². The highest BCUT2D eigenvalue weighted by Gasteiger charge is 2.18. The van der Waals surface area contributed by atoms with Gasteiger partial charge in [0.2, 0.25) is 5.91 Å². The zero-order valence-electron chi connectivity index (χ0n) is 11.4. The molecule has 0 bridgehead atoms. The van der Waals surface area contributed by atoms with Crippen LogP contribution in [0.4, 0.5) is 0 Å². The van der Waals surface area contributed by atoms with E-state index in [9.17, 15) is 4.79 Å². The number of nitrogens with one attached hydrogen (secondary N) is 1. The summed E-state index contributed by atoms with van der Waals surface area (Å²) in [5, 5.41) is 3.24. The fourth-order valence-electron chi connectivity index (χ4n) is 1.86. The van der Waals surface area contributed by atoms with Gasteiger partial charge in [0.15, 0.2) is 0 Å². The number of carbonyl (C=O) groups is 1. The molecule has 1 aromatic rings. The molecule has 3 N–H and O–H groups in total. The second-order valence-corrected chi connectivity index (χ2v) is 5.58. The topological polar surface area (TPSA) is 58.4 Å². The smallest absolute Gasteiger partial charge is 0.239 e. The zero-order chi connectivity index (χ0) is 13.5. The van der Waals surface area contributed by atoms with Gasteiger partial charge >= 0.3 is 0 Å².